The summed E-state index contributed by atoms with van der Waals surface area (Å²) >= 11 is 5.97. The second-order valence-corrected chi connectivity index (χ2v) is 6.77. The monoisotopic (exact) mass is 389 g/mol. The van der Waals surface area contributed by atoms with Gasteiger partial charge >= 0.3 is 6.61 Å². The molecule has 1 aromatic carbocycles. The lowest BCUT2D eigenvalue weighted by atomic mass is 10.2. The van der Waals surface area contributed by atoms with Crippen LogP contribution in [-0.2, 0) is 6.54 Å². The van der Waals surface area contributed by atoms with Gasteiger partial charge in [0.05, 0.1) is 0 Å². The minimum atomic E-state index is -2.88. The lowest BCUT2D eigenvalue weighted by Gasteiger charge is -2.37. The Kier molecular flexibility index (Phi) is 7.86. The van der Waals surface area contributed by atoms with Crippen molar-refractivity contribution in [2.75, 3.05) is 47.3 Å². The van der Waals surface area contributed by atoms with Gasteiger partial charge in [0.25, 0.3) is 0 Å². The van der Waals surface area contributed by atoms with E-state index in [0.29, 0.717) is 22.6 Å². The van der Waals surface area contributed by atoms with E-state index in [0.717, 1.165) is 26.2 Å². The summed E-state index contributed by atoms with van der Waals surface area (Å²) in [5, 5.41) is 6.86. The van der Waals surface area contributed by atoms with Gasteiger partial charge in [-0.05, 0) is 32.3 Å². The number of nitrogens with one attached hydrogen (secondary N) is 2. The smallest absolute Gasteiger partial charge is 0.387 e. The number of benzene rings is 1. The van der Waals surface area contributed by atoms with Crippen molar-refractivity contribution in [3.05, 3.63) is 28.8 Å². The highest BCUT2D eigenvalue weighted by Crippen LogP contribution is 2.24. The van der Waals surface area contributed by atoms with Crippen LogP contribution < -0.4 is 15.4 Å². The maximum Gasteiger partial charge on any atom is 0.387 e. The first-order valence-electron chi connectivity index (χ1n) is 8.45. The minimum Gasteiger partial charge on any atom is -0.434 e. The number of rotatable bonds is 6. The van der Waals surface area contributed by atoms with Crippen molar-refractivity contribution < 1.29 is 13.5 Å². The Bertz CT molecular complexity index is 617. The first-order chi connectivity index (χ1) is 12.4. The first kappa shape index (κ1) is 20.7. The maximum absolute atomic E-state index is 12.5. The molecule has 0 bridgehead atoms. The number of aliphatic imine (C=N–C) groups is 1. The van der Waals surface area contributed by atoms with Crippen LogP contribution in [0.5, 0.6) is 5.75 Å². The van der Waals surface area contributed by atoms with Gasteiger partial charge in [-0.2, -0.15) is 8.78 Å². The number of guanidine groups is 1. The van der Waals surface area contributed by atoms with Crippen LogP contribution in [0.3, 0.4) is 0 Å². The average molecular weight is 390 g/mol. The molecule has 1 fully saturated rings. The third-order valence-corrected chi connectivity index (χ3v) is 4.63. The third kappa shape index (κ3) is 6.26. The summed E-state index contributed by atoms with van der Waals surface area (Å²) in [5.74, 6) is 0.690. The zero-order chi connectivity index (χ0) is 19.1. The maximum atomic E-state index is 12.5. The molecule has 1 atom stereocenters. The van der Waals surface area contributed by atoms with E-state index in [1.807, 2.05) is 0 Å². The summed E-state index contributed by atoms with van der Waals surface area (Å²) in [5.41, 5.74) is 0.537. The molecule has 26 heavy (non-hydrogen) atoms. The van der Waals surface area contributed by atoms with Crippen LogP contribution in [0.25, 0.3) is 0 Å². The molecule has 1 heterocycles. The highest BCUT2D eigenvalue weighted by molar-refractivity contribution is 6.30. The van der Waals surface area contributed by atoms with Gasteiger partial charge in [-0.3, -0.25) is 9.89 Å². The highest BCUT2D eigenvalue weighted by Gasteiger charge is 2.22. The number of nitrogens with zero attached hydrogens (tertiary/aromatic N) is 3. The summed E-state index contributed by atoms with van der Waals surface area (Å²) in [6.07, 6.45) is 0. The molecule has 146 valence electrons. The summed E-state index contributed by atoms with van der Waals surface area (Å²) < 4.78 is 29.6. The number of hydrogen-bond donors (Lipinski definition) is 2. The van der Waals surface area contributed by atoms with E-state index in [1.165, 1.54) is 12.1 Å². The van der Waals surface area contributed by atoms with E-state index >= 15 is 0 Å². The van der Waals surface area contributed by atoms with Gasteiger partial charge in [-0.15, -0.1) is 0 Å². The second kappa shape index (κ2) is 9.89. The molecule has 2 N–H and O–H groups in total. The lowest BCUT2D eigenvalue weighted by Crippen LogP contribution is -2.55. The molecule has 0 spiro atoms. The Morgan fingerprint density at radius 2 is 2.12 bits per heavy atom. The van der Waals surface area contributed by atoms with Crippen molar-refractivity contribution >= 4 is 17.6 Å². The Labute approximate surface area is 158 Å². The zero-order valence-corrected chi connectivity index (χ0v) is 16.1. The van der Waals surface area contributed by atoms with Gasteiger partial charge in [0.15, 0.2) is 5.96 Å². The molecule has 1 aliphatic heterocycles. The van der Waals surface area contributed by atoms with Gasteiger partial charge in [-0.25, -0.2) is 0 Å². The van der Waals surface area contributed by atoms with Gasteiger partial charge in [-0.1, -0.05) is 11.6 Å². The van der Waals surface area contributed by atoms with Crippen LogP contribution in [0.4, 0.5) is 8.78 Å². The third-order valence-electron chi connectivity index (χ3n) is 4.39. The Morgan fingerprint density at radius 1 is 1.35 bits per heavy atom. The van der Waals surface area contributed by atoms with E-state index in [2.05, 4.69) is 44.3 Å². The molecule has 0 radical (unpaired) electrons. The van der Waals surface area contributed by atoms with Gasteiger partial charge in [0.1, 0.15) is 5.75 Å². The fraction of sp³-hybridized carbons (Fsp3) is 0.588. The summed E-state index contributed by atoms with van der Waals surface area (Å²) in [6.45, 7) is 1.17. The Morgan fingerprint density at radius 3 is 2.81 bits per heavy atom. The SMILES string of the molecule is CN=C(NCc1cc(Cl)ccc1OC(F)F)NCC1CN(C)CCN1C. The Hall–Kier alpha value is -1.64. The van der Waals surface area contributed by atoms with Gasteiger partial charge < -0.3 is 20.3 Å². The second-order valence-electron chi connectivity index (χ2n) is 6.33. The normalized spacial score (nSPS) is 19.7. The van der Waals surface area contributed by atoms with Crippen molar-refractivity contribution in [1.29, 1.82) is 0 Å². The lowest BCUT2D eigenvalue weighted by molar-refractivity contribution is -0.0504. The highest BCUT2D eigenvalue weighted by atomic mass is 35.5. The predicted molar refractivity (Wildman–Crippen MR) is 100 cm³/mol. The van der Waals surface area contributed by atoms with Crippen LogP contribution in [0.15, 0.2) is 23.2 Å². The fourth-order valence-electron chi connectivity index (χ4n) is 2.83. The van der Waals surface area contributed by atoms with Crippen molar-refractivity contribution in [2.45, 2.75) is 19.2 Å². The molecule has 2 rings (SSSR count). The van der Waals surface area contributed by atoms with E-state index in [9.17, 15) is 8.78 Å². The first-order valence-corrected chi connectivity index (χ1v) is 8.83. The summed E-state index contributed by atoms with van der Waals surface area (Å²) in [6, 6.07) is 4.93. The molecule has 0 aromatic heterocycles. The Balaban J connectivity index is 1.91. The molecule has 0 amide bonds. The van der Waals surface area contributed by atoms with Crippen molar-refractivity contribution in [2.24, 2.45) is 4.99 Å². The molecule has 1 unspecified atom stereocenters. The van der Waals surface area contributed by atoms with Crippen molar-refractivity contribution in [3.63, 3.8) is 0 Å². The fourth-order valence-corrected chi connectivity index (χ4v) is 3.03. The quantitative estimate of drug-likeness (QED) is 0.574. The summed E-state index contributed by atoms with van der Waals surface area (Å²) in [4.78, 5) is 8.79. The molecular formula is C17H26ClF2N5O. The van der Waals surface area contributed by atoms with E-state index in [1.54, 1.807) is 13.1 Å². The number of likely N-dealkylation sites (N-methyl/N-ethyl adjacent to an activating group) is 2. The zero-order valence-electron chi connectivity index (χ0n) is 15.3. The van der Waals surface area contributed by atoms with E-state index < -0.39 is 6.61 Å². The van der Waals surface area contributed by atoms with Crippen LogP contribution in [-0.4, -0.2) is 75.7 Å². The van der Waals surface area contributed by atoms with Crippen LogP contribution in [0, 0.1) is 0 Å². The molecule has 1 aliphatic rings. The predicted octanol–water partition coefficient (Wildman–Crippen LogP) is 1.85. The largest absolute Gasteiger partial charge is 0.434 e. The minimum absolute atomic E-state index is 0.0981. The number of piperazine rings is 1. The van der Waals surface area contributed by atoms with Crippen LogP contribution in [0.2, 0.25) is 5.02 Å². The molecular weight excluding hydrogens is 364 g/mol. The van der Waals surface area contributed by atoms with Crippen molar-refractivity contribution in [1.82, 2.24) is 20.4 Å². The van der Waals surface area contributed by atoms with Gasteiger partial charge in [0.2, 0.25) is 0 Å². The summed E-state index contributed by atoms with van der Waals surface area (Å²) in [7, 11) is 5.88. The molecule has 0 aliphatic carbocycles. The van der Waals surface area contributed by atoms with E-state index in [4.69, 9.17) is 11.6 Å². The molecule has 1 aromatic rings. The number of halogens is 3. The number of alkyl halides is 2. The number of ether oxygens (including phenoxy) is 1. The van der Waals surface area contributed by atoms with Gasteiger partial charge in [0, 0.05) is 56.4 Å². The van der Waals surface area contributed by atoms with E-state index in [-0.39, 0.29) is 12.3 Å². The van der Waals surface area contributed by atoms with Crippen LogP contribution >= 0.6 is 11.6 Å². The molecule has 9 heteroatoms. The van der Waals surface area contributed by atoms with Crippen LogP contribution in [0.1, 0.15) is 5.56 Å². The molecule has 1 saturated heterocycles. The number of hydrogen-bond acceptors (Lipinski definition) is 4. The standard InChI is InChI=1S/C17H26ClF2N5O/c1-21-17(23-10-14-11-24(2)6-7-25(14)3)22-9-12-8-13(18)4-5-15(12)26-16(19)20/h4-5,8,14,16H,6-7,9-11H2,1-3H3,(H2,21,22,23). The van der Waals surface area contributed by atoms with Crippen molar-refractivity contribution in [3.8, 4) is 5.75 Å². The molecule has 0 saturated carbocycles. The molecule has 6 nitrogen and oxygen atoms in total. The topological polar surface area (TPSA) is 52.1 Å². The average Bonchev–Trinajstić information content (AvgIpc) is 2.59.